The molecule has 4 nitrogen and oxygen atoms in total. The molecule has 0 amide bonds. The number of ether oxygens (including phenoxy) is 1. The van der Waals surface area contributed by atoms with Gasteiger partial charge in [-0.2, -0.15) is 21.6 Å². The lowest BCUT2D eigenvalue weighted by atomic mass is 10.0. The van der Waals surface area contributed by atoms with Gasteiger partial charge in [0.05, 0.1) is 12.0 Å². The Balaban J connectivity index is 2.12. The Morgan fingerprint density at radius 1 is 1.39 bits per heavy atom. The van der Waals surface area contributed by atoms with E-state index in [-0.39, 0.29) is 0 Å². The molecule has 1 saturated heterocycles. The molecule has 0 spiro atoms. The fourth-order valence-electron chi connectivity index (χ4n) is 1.82. The van der Waals surface area contributed by atoms with Gasteiger partial charge in [-0.3, -0.25) is 0 Å². The van der Waals surface area contributed by atoms with Crippen LogP contribution in [0.3, 0.4) is 0 Å². The van der Waals surface area contributed by atoms with Crippen molar-refractivity contribution in [3.8, 4) is 0 Å². The van der Waals surface area contributed by atoms with E-state index in [1.807, 2.05) is 0 Å². The van der Waals surface area contributed by atoms with Crippen LogP contribution in [0.2, 0.25) is 0 Å². The average molecular weight is 294 g/mol. The van der Waals surface area contributed by atoms with E-state index in [0.29, 0.717) is 0 Å². The van der Waals surface area contributed by atoms with Crippen molar-refractivity contribution in [2.75, 3.05) is 6.61 Å². The van der Waals surface area contributed by atoms with Gasteiger partial charge in [-0.25, -0.2) is 8.78 Å². The van der Waals surface area contributed by atoms with Gasteiger partial charge >= 0.3 is 15.6 Å². The van der Waals surface area contributed by atoms with E-state index < -0.39 is 52.4 Å². The molecule has 0 radical (unpaired) electrons. The highest BCUT2D eigenvalue weighted by molar-refractivity contribution is 7.87. The van der Waals surface area contributed by atoms with Gasteiger partial charge in [0, 0.05) is 6.42 Å². The smallest absolute Gasteiger partial charge is 0.381 e. The SMILES string of the molecule is O=S(=O)(OC1=C[C@@H]2OCC(F)(F)[C@@H]2C1)C(F)(F)F. The highest BCUT2D eigenvalue weighted by Crippen LogP contribution is 2.45. The first-order valence-corrected chi connectivity index (χ1v) is 6.15. The second-order valence-corrected chi connectivity index (χ2v) is 5.50. The van der Waals surface area contributed by atoms with E-state index >= 15 is 0 Å². The Morgan fingerprint density at radius 2 is 2.00 bits per heavy atom. The third-order valence-corrected chi connectivity index (χ3v) is 3.68. The van der Waals surface area contributed by atoms with Crippen LogP contribution >= 0.6 is 0 Å². The first-order chi connectivity index (χ1) is 8.03. The lowest BCUT2D eigenvalue weighted by Gasteiger charge is -2.15. The van der Waals surface area contributed by atoms with Crippen molar-refractivity contribution in [1.82, 2.24) is 0 Å². The van der Waals surface area contributed by atoms with Crippen molar-refractivity contribution < 1.29 is 39.3 Å². The number of allylic oxidation sites excluding steroid dienone is 1. The van der Waals surface area contributed by atoms with Crippen molar-refractivity contribution >= 4 is 10.1 Å². The molecule has 18 heavy (non-hydrogen) atoms. The van der Waals surface area contributed by atoms with Crippen LogP contribution in [0.1, 0.15) is 6.42 Å². The van der Waals surface area contributed by atoms with E-state index in [0.717, 1.165) is 6.08 Å². The molecule has 1 aliphatic carbocycles. The molecular formula is C8H7F5O4S. The molecule has 0 unspecified atom stereocenters. The minimum Gasteiger partial charge on any atom is -0.381 e. The summed E-state index contributed by atoms with van der Waals surface area (Å²) in [4.78, 5) is 0. The maximum Gasteiger partial charge on any atom is 0.534 e. The molecular weight excluding hydrogens is 287 g/mol. The normalized spacial score (nSPS) is 31.1. The van der Waals surface area contributed by atoms with Crippen molar-refractivity contribution in [1.29, 1.82) is 0 Å². The first kappa shape index (κ1) is 13.5. The Labute approximate surface area is 98.5 Å². The summed E-state index contributed by atoms with van der Waals surface area (Å²) in [5, 5.41) is 0. The molecule has 1 aliphatic heterocycles. The van der Waals surface area contributed by atoms with Crippen LogP contribution in [0, 0.1) is 5.92 Å². The largest absolute Gasteiger partial charge is 0.534 e. The standard InChI is InChI=1S/C8H7F5O4S/c9-7(10)3-16-6-2-4(1-5(6)7)17-18(14,15)8(11,12)13/h2,5-6H,1,3H2/t5-,6+/m1/s1. The number of hydrogen-bond acceptors (Lipinski definition) is 4. The van der Waals surface area contributed by atoms with Gasteiger partial charge in [0.25, 0.3) is 5.92 Å². The summed E-state index contributed by atoms with van der Waals surface area (Å²) in [6, 6.07) is 0. The Hall–Kier alpha value is -0.900. The quantitative estimate of drug-likeness (QED) is 0.442. The van der Waals surface area contributed by atoms with Crippen LogP contribution in [0.5, 0.6) is 0 Å². The molecule has 1 heterocycles. The molecule has 0 aromatic carbocycles. The molecule has 0 bridgehead atoms. The summed E-state index contributed by atoms with van der Waals surface area (Å²) in [7, 11) is -5.82. The van der Waals surface area contributed by atoms with Crippen LogP contribution in [0.25, 0.3) is 0 Å². The molecule has 2 aliphatic rings. The van der Waals surface area contributed by atoms with Crippen molar-refractivity contribution in [2.45, 2.75) is 24.0 Å². The summed E-state index contributed by atoms with van der Waals surface area (Å²) in [6.45, 7) is -0.835. The van der Waals surface area contributed by atoms with E-state index in [9.17, 15) is 30.4 Å². The third-order valence-electron chi connectivity index (χ3n) is 2.68. The maximum atomic E-state index is 13.2. The van der Waals surface area contributed by atoms with E-state index in [1.54, 1.807) is 0 Å². The Morgan fingerprint density at radius 3 is 2.50 bits per heavy atom. The van der Waals surface area contributed by atoms with E-state index in [1.165, 1.54) is 0 Å². The summed E-state index contributed by atoms with van der Waals surface area (Å²) >= 11 is 0. The number of alkyl halides is 5. The van der Waals surface area contributed by atoms with Gasteiger partial charge in [0.15, 0.2) is 0 Å². The van der Waals surface area contributed by atoms with Crippen molar-refractivity contribution in [2.24, 2.45) is 5.92 Å². The Kier molecular flexibility index (Phi) is 2.85. The zero-order valence-corrected chi connectivity index (χ0v) is 9.39. The fourth-order valence-corrected chi connectivity index (χ4v) is 2.32. The van der Waals surface area contributed by atoms with E-state index in [2.05, 4.69) is 8.92 Å². The highest BCUT2D eigenvalue weighted by atomic mass is 32.2. The van der Waals surface area contributed by atoms with Crippen LogP contribution in [-0.2, 0) is 19.0 Å². The number of hydrogen-bond donors (Lipinski definition) is 0. The second-order valence-electron chi connectivity index (χ2n) is 3.96. The summed E-state index contributed by atoms with van der Waals surface area (Å²) < 4.78 is 92.1. The molecule has 1 fully saturated rings. The molecule has 0 N–H and O–H groups in total. The van der Waals surface area contributed by atoms with Crippen molar-refractivity contribution in [3.63, 3.8) is 0 Å². The molecule has 0 aromatic rings. The monoisotopic (exact) mass is 294 g/mol. The van der Waals surface area contributed by atoms with Crippen molar-refractivity contribution in [3.05, 3.63) is 11.8 Å². The maximum absolute atomic E-state index is 13.2. The predicted molar refractivity (Wildman–Crippen MR) is 46.9 cm³/mol. The van der Waals surface area contributed by atoms with E-state index in [4.69, 9.17) is 0 Å². The molecule has 10 heteroatoms. The van der Waals surface area contributed by atoms with Gasteiger partial charge < -0.3 is 8.92 Å². The molecule has 2 atom stereocenters. The highest BCUT2D eigenvalue weighted by Gasteiger charge is 2.55. The number of rotatable bonds is 2. The lowest BCUT2D eigenvalue weighted by molar-refractivity contribution is -0.0534. The fraction of sp³-hybridized carbons (Fsp3) is 0.750. The van der Waals surface area contributed by atoms with Crippen LogP contribution in [-0.4, -0.2) is 32.6 Å². The first-order valence-electron chi connectivity index (χ1n) is 4.74. The van der Waals surface area contributed by atoms with Gasteiger partial charge in [-0.15, -0.1) is 0 Å². The topological polar surface area (TPSA) is 52.6 Å². The molecule has 2 rings (SSSR count). The summed E-state index contributed by atoms with van der Waals surface area (Å²) in [6.07, 6.45) is -0.875. The van der Waals surface area contributed by atoms with Gasteiger partial charge in [0.2, 0.25) is 0 Å². The van der Waals surface area contributed by atoms with Crippen LogP contribution in [0.4, 0.5) is 22.0 Å². The average Bonchev–Trinajstić information content (AvgIpc) is 2.66. The molecule has 0 saturated carbocycles. The number of halogens is 5. The lowest BCUT2D eigenvalue weighted by Crippen LogP contribution is -2.28. The second kappa shape index (κ2) is 3.80. The Bertz CT molecular complexity index is 480. The predicted octanol–water partition coefficient (Wildman–Crippen LogP) is 1.79. The summed E-state index contributed by atoms with van der Waals surface area (Å²) in [5.74, 6) is -5.24. The minimum absolute atomic E-state index is 0.604. The third kappa shape index (κ3) is 2.18. The minimum atomic E-state index is -5.82. The molecule has 104 valence electrons. The zero-order chi connectivity index (χ0) is 13.8. The number of fused-ring (bicyclic) bond motifs is 1. The summed E-state index contributed by atoms with van der Waals surface area (Å²) in [5.41, 5.74) is -5.59. The zero-order valence-electron chi connectivity index (χ0n) is 8.58. The van der Waals surface area contributed by atoms with Gasteiger partial charge in [0.1, 0.15) is 12.4 Å². The van der Waals surface area contributed by atoms with Crippen LogP contribution < -0.4 is 0 Å². The molecule has 0 aromatic heterocycles. The van der Waals surface area contributed by atoms with Crippen LogP contribution in [0.15, 0.2) is 11.8 Å². The van der Waals surface area contributed by atoms with Gasteiger partial charge in [-0.1, -0.05) is 0 Å². The van der Waals surface area contributed by atoms with Gasteiger partial charge in [-0.05, 0) is 6.08 Å².